The third-order valence-corrected chi connectivity index (χ3v) is 2.83. The molecular weight excluding hydrogens is 297 g/mol. The fourth-order valence-corrected chi connectivity index (χ4v) is 1.82. The fourth-order valence-electron chi connectivity index (χ4n) is 1.82. The van der Waals surface area contributed by atoms with E-state index in [1.165, 1.54) is 0 Å². The molecule has 2 aromatic rings. The Kier molecular flexibility index (Phi) is 8.15. The van der Waals surface area contributed by atoms with Crippen molar-refractivity contribution in [2.75, 3.05) is 18.9 Å². The van der Waals surface area contributed by atoms with Gasteiger partial charge in [-0.2, -0.15) is 0 Å². The number of pyridine rings is 1. The lowest BCUT2D eigenvalue weighted by molar-refractivity contribution is -0.119. The van der Waals surface area contributed by atoms with Crippen LogP contribution in [0.3, 0.4) is 0 Å². The largest absolute Gasteiger partial charge is 0.326 e. The normalized spacial score (nSPS) is 11.1. The first-order chi connectivity index (χ1) is 8.70. The number of amides is 1. The topological polar surface area (TPSA) is 54.0 Å². The van der Waals surface area contributed by atoms with E-state index in [9.17, 15) is 4.79 Å². The van der Waals surface area contributed by atoms with E-state index in [1.54, 1.807) is 6.20 Å². The Morgan fingerprint density at radius 1 is 1.30 bits per heavy atom. The zero-order valence-corrected chi connectivity index (χ0v) is 13.1. The van der Waals surface area contributed by atoms with Gasteiger partial charge in [-0.3, -0.25) is 9.78 Å². The quantitative estimate of drug-likeness (QED) is 0.912. The van der Waals surface area contributed by atoms with E-state index in [-0.39, 0.29) is 36.6 Å². The van der Waals surface area contributed by atoms with Crippen LogP contribution >= 0.6 is 24.8 Å². The Morgan fingerprint density at radius 3 is 2.75 bits per heavy atom. The molecule has 1 aromatic heterocycles. The minimum atomic E-state index is -0.0559. The van der Waals surface area contributed by atoms with Crippen LogP contribution in [0.5, 0.6) is 0 Å². The number of nitrogens with zero attached hydrogens (tertiary/aromatic N) is 1. The zero-order chi connectivity index (χ0) is 13.0. The Hall–Kier alpha value is -1.36. The molecule has 1 atom stereocenters. The Labute approximate surface area is 131 Å². The molecule has 2 N–H and O–H groups in total. The van der Waals surface area contributed by atoms with Crippen molar-refractivity contribution in [3.8, 4) is 0 Å². The average Bonchev–Trinajstić information content (AvgIpc) is 2.39. The van der Waals surface area contributed by atoms with Gasteiger partial charge >= 0.3 is 0 Å². The van der Waals surface area contributed by atoms with Gasteiger partial charge in [-0.15, -0.1) is 24.8 Å². The maximum absolute atomic E-state index is 11.9. The highest BCUT2D eigenvalue weighted by molar-refractivity contribution is 5.94. The minimum absolute atomic E-state index is 0. The molecular formula is C14H19Cl2N3O. The van der Waals surface area contributed by atoms with Crippen molar-refractivity contribution < 1.29 is 4.79 Å². The first-order valence-corrected chi connectivity index (χ1v) is 6.01. The molecule has 0 fully saturated rings. The zero-order valence-electron chi connectivity index (χ0n) is 11.4. The number of aromatic nitrogens is 1. The van der Waals surface area contributed by atoms with E-state index in [4.69, 9.17) is 0 Å². The van der Waals surface area contributed by atoms with Gasteiger partial charge in [-0.1, -0.05) is 13.0 Å². The molecule has 0 aliphatic rings. The summed E-state index contributed by atoms with van der Waals surface area (Å²) in [6.45, 7) is 2.56. The van der Waals surface area contributed by atoms with E-state index in [0.29, 0.717) is 6.54 Å². The number of halogens is 2. The summed E-state index contributed by atoms with van der Waals surface area (Å²) < 4.78 is 0. The molecule has 1 amide bonds. The Morgan fingerprint density at radius 2 is 2.05 bits per heavy atom. The number of fused-ring (bicyclic) bond motifs is 1. The predicted molar refractivity (Wildman–Crippen MR) is 88.0 cm³/mol. The van der Waals surface area contributed by atoms with E-state index < -0.39 is 0 Å². The lowest BCUT2D eigenvalue weighted by atomic mass is 10.1. The number of hydrogen-bond acceptors (Lipinski definition) is 3. The molecule has 4 nitrogen and oxygen atoms in total. The summed E-state index contributed by atoms with van der Waals surface area (Å²) in [6, 6.07) is 9.59. The molecule has 0 saturated heterocycles. The summed E-state index contributed by atoms with van der Waals surface area (Å²) in [5, 5.41) is 6.93. The van der Waals surface area contributed by atoms with Gasteiger partial charge in [0.1, 0.15) is 0 Å². The maximum atomic E-state index is 11.9. The predicted octanol–water partition coefficient (Wildman–Crippen LogP) is 2.87. The standard InChI is InChI=1S/C14H17N3O.2ClH/c1-10(9-15-2)14(18)17-12-5-6-13-11(8-12)4-3-7-16-13;;/h3-8,10,15H,9H2,1-2H3,(H,17,18);2*1H. The fraction of sp³-hybridized carbons (Fsp3) is 0.286. The van der Waals surface area contributed by atoms with E-state index in [2.05, 4.69) is 15.6 Å². The van der Waals surface area contributed by atoms with Crippen LogP contribution in [0.4, 0.5) is 5.69 Å². The highest BCUT2D eigenvalue weighted by atomic mass is 35.5. The summed E-state index contributed by atoms with van der Waals surface area (Å²) in [6.07, 6.45) is 1.76. The average molecular weight is 316 g/mol. The van der Waals surface area contributed by atoms with Crippen molar-refractivity contribution in [2.45, 2.75) is 6.92 Å². The number of carbonyl (C=O) groups excluding carboxylic acids is 1. The molecule has 0 spiro atoms. The van der Waals surface area contributed by atoms with Crippen molar-refractivity contribution in [1.29, 1.82) is 0 Å². The molecule has 1 heterocycles. The van der Waals surface area contributed by atoms with Crippen LogP contribution in [-0.2, 0) is 4.79 Å². The highest BCUT2D eigenvalue weighted by Crippen LogP contribution is 2.17. The van der Waals surface area contributed by atoms with Crippen LogP contribution in [0, 0.1) is 5.92 Å². The Bertz CT molecular complexity index is 563. The highest BCUT2D eigenvalue weighted by Gasteiger charge is 2.11. The molecule has 20 heavy (non-hydrogen) atoms. The molecule has 2 rings (SSSR count). The van der Waals surface area contributed by atoms with Gasteiger partial charge in [0.2, 0.25) is 5.91 Å². The second-order valence-corrected chi connectivity index (χ2v) is 4.36. The van der Waals surface area contributed by atoms with Gasteiger partial charge in [-0.05, 0) is 31.3 Å². The summed E-state index contributed by atoms with van der Waals surface area (Å²) in [7, 11) is 1.84. The van der Waals surface area contributed by atoms with Gasteiger partial charge in [0, 0.05) is 29.7 Å². The number of anilines is 1. The molecule has 110 valence electrons. The van der Waals surface area contributed by atoms with E-state index in [1.807, 2.05) is 44.3 Å². The first-order valence-electron chi connectivity index (χ1n) is 6.01. The monoisotopic (exact) mass is 315 g/mol. The van der Waals surface area contributed by atoms with E-state index in [0.717, 1.165) is 16.6 Å². The van der Waals surface area contributed by atoms with E-state index >= 15 is 0 Å². The maximum Gasteiger partial charge on any atom is 0.228 e. The van der Waals surface area contributed by atoms with Crippen molar-refractivity contribution in [1.82, 2.24) is 10.3 Å². The van der Waals surface area contributed by atoms with Crippen molar-refractivity contribution in [3.05, 3.63) is 36.5 Å². The van der Waals surface area contributed by atoms with Crippen LogP contribution in [0.2, 0.25) is 0 Å². The van der Waals surface area contributed by atoms with Crippen LogP contribution in [0.25, 0.3) is 10.9 Å². The SMILES string of the molecule is CNCC(C)C(=O)Nc1ccc2ncccc2c1.Cl.Cl. The van der Waals surface area contributed by atoms with Crippen LogP contribution < -0.4 is 10.6 Å². The Balaban J connectivity index is 0.00000180. The van der Waals surface area contributed by atoms with Crippen LogP contribution in [0.15, 0.2) is 36.5 Å². The number of nitrogens with one attached hydrogen (secondary N) is 2. The summed E-state index contributed by atoms with van der Waals surface area (Å²) in [5.74, 6) is -0.0350. The van der Waals surface area contributed by atoms with Crippen LogP contribution in [-0.4, -0.2) is 24.5 Å². The molecule has 1 aromatic carbocycles. The summed E-state index contributed by atoms with van der Waals surface area (Å²) in [4.78, 5) is 16.1. The van der Waals surface area contributed by atoms with Gasteiger partial charge in [0.15, 0.2) is 0 Å². The second-order valence-electron chi connectivity index (χ2n) is 4.36. The molecule has 0 bridgehead atoms. The second kappa shape index (κ2) is 8.74. The van der Waals surface area contributed by atoms with Gasteiger partial charge < -0.3 is 10.6 Å². The number of benzene rings is 1. The van der Waals surface area contributed by atoms with Crippen molar-refractivity contribution in [3.63, 3.8) is 0 Å². The summed E-state index contributed by atoms with van der Waals surface area (Å²) in [5.41, 5.74) is 1.74. The number of rotatable bonds is 4. The summed E-state index contributed by atoms with van der Waals surface area (Å²) >= 11 is 0. The lowest BCUT2D eigenvalue weighted by Crippen LogP contribution is -2.28. The minimum Gasteiger partial charge on any atom is -0.326 e. The third kappa shape index (κ3) is 4.63. The molecule has 0 aliphatic carbocycles. The molecule has 0 radical (unpaired) electrons. The van der Waals surface area contributed by atoms with Gasteiger partial charge in [-0.25, -0.2) is 0 Å². The molecule has 0 saturated carbocycles. The van der Waals surface area contributed by atoms with Crippen molar-refractivity contribution >= 4 is 47.3 Å². The molecule has 1 unspecified atom stereocenters. The first kappa shape index (κ1) is 18.6. The van der Waals surface area contributed by atoms with Gasteiger partial charge in [0.05, 0.1) is 5.52 Å². The third-order valence-electron chi connectivity index (χ3n) is 2.83. The van der Waals surface area contributed by atoms with Gasteiger partial charge in [0.25, 0.3) is 0 Å². The number of hydrogen-bond donors (Lipinski definition) is 2. The lowest BCUT2D eigenvalue weighted by Gasteiger charge is -2.11. The molecule has 6 heteroatoms. The molecule has 0 aliphatic heterocycles. The van der Waals surface area contributed by atoms with Crippen LogP contribution in [0.1, 0.15) is 6.92 Å². The number of carbonyl (C=O) groups is 1. The smallest absolute Gasteiger partial charge is 0.228 e. The van der Waals surface area contributed by atoms with Crippen molar-refractivity contribution in [2.24, 2.45) is 5.92 Å².